The van der Waals surface area contributed by atoms with Crippen LogP contribution in [0.25, 0.3) is 0 Å². The Labute approximate surface area is 112 Å². The van der Waals surface area contributed by atoms with E-state index in [2.05, 4.69) is 4.90 Å². The third-order valence-corrected chi connectivity index (χ3v) is 3.80. The van der Waals surface area contributed by atoms with Crippen molar-refractivity contribution < 1.29 is 4.79 Å². The average Bonchev–Trinajstić information content (AvgIpc) is 2.46. The van der Waals surface area contributed by atoms with Crippen LogP contribution >= 0.6 is 11.6 Å². The molecule has 0 aromatic heterocycles. The average molecular weight is 268 g/mol. The number of carbonyl (C=O) groups is 1. The zero-order valence-corrected chi connectivity index (χ0v) is 11.5. The summed E-state index contributed by atoms with van der Waals surface area (Å²) >= 11 is 6.16. The summed E-state index contributed by atoms with van der Waals surface area (Å²) in [6.07, 6.45) is 0.502. The molecular formula is C13H18ClN3O. The summed E-state index contributed by atoms with van der Waals surface area (Å²) in [5, 5.41) is 0.683. The predicted octanol–water partition coefficient (Wildman–Crippen LogP) is 1.78. The molecular weight excluding hydrogens is 250 g/mol. The molecule has 0 spiro atoms. The van der Waals surface area contributed by atoms with Gasteiger partial charge in [0.1, 0.15) is 0 Å². The molecule has 0 saturated heterocycles. The van der Waals surface area contributed by atoms with Gasteiger partial charge in [0.25, 0.3) is 0 Å². The summed E-state index contributed by atoms with van der Waals surface area (Å²) in [6, 6.07) is 3.85. The standard InChI is InChI=1S/C13H18ClN3O/c1-9-10(14)3-4-11-13(9)16(2)12(18)5-7-17(11)8-6-15/h3-4H,5-8,15H2,1-2H3. The van der Waals surface area contributed by atoms with Crippen LogP contribution in [-0.4, -0.2) is 32.6 Å². The first-order chi connectivity index (χ1) is 8.56. The fourth-order valence-electron chi connectivity index (χ4n) is 2.37. The second-order valence-corrected chi connectivity index (χ2v) is 4.93. The number of hydrogen-bond donors (Lipinski definition) is 1. The van der Waals surface area contributed by atoms with Gasteiger partial charge < -0.3 is 15.5 Å². The minimum atomic E-state index is 0.112. The van der Waals surface area contributed by atoms with E-state index in [1.807, 2.05) is 19.1 Å². The van der Waals surface area contributed by atoms with Crippen molar-refractivity contribution in [3.63, 3.8) is 0 Å². The molecule has 5 heteroatoms. The van der Waals surface area contributed by atoms with Gasteiger partial charge in [-0.05, 0) is 24.6 Å². The van der Waals surface area contributed by atoms with Gasteiger partial charge in [-0.1, -0.05) is 11.6 Å². The zero-order valence-electron chi connectivity index (χ0n) is 10.7. The third-order valence-electron chi connectivity index (χ3n) is 3.39. The highest BCUT2D eigenvalue weighted by atomic mass is 35.5. The Morgan fingerprint density at radius 3 is 2.83 bits per heavy atom. The first-order valence-electron chi connectivity index (χ1n) is 6.07. The van der Waals surface area contributed by atoms with Crippen LogP contribution in [-0.2, 0) is 4.79 Å². The van der Waals surface area contributed by atoms with Crippen LogP contribution in [0, 0.1) is 6.92 Å². The molecule has 1 aromatic rings. The first kappa shape index (κ1) is 13.2. The Morgan fingerprint density at radius 2 is 2.17 bits per heavy atom. The SMILES string of the molecule is Cc1c(Cl)ccc2c1N(C)C(=O)CCN2CCN. The lowest BCUT2D eigenvalue weighted by molar-refractivity contribution is -0.118. The minimum Gasteiger partial charge on any atom is -0.368 e. The monoisotopic (exact) mass is 267 g/mol. The van der Waals surface area contributed by atoms with Crippen molar-refractivity contribution in [1.29, 1.82) is 0 Å². The molecule has 1 aromatic carbocycles. The molecule has 98 valence electrons. The molecule has 2 N–H and O–H groups in total. The number of hydrogen-bond acceptors (Lipinski definition) is 3. The molecule has 0 radical (unpaired) electrons. The number of carbonyl (C=O) groups excluding carboxylic acids is 1. The van der Waals surface area contributed by atoms with E-state index >= 15 is 0 Å². The van der Waals surface area contributed by atoms with Gasteiger partial charge in [0.05, 0.1) is 11.4 Å². The number of rotatable bonds is 2. The Balaban J connectivity index is 2.57. The van der Waals surface area contributed by atoms with Crippen LogP contribution < -0.4 is 15.5 Å². The van der Waals surface area contributed by atoms with E-state index in [9.17, 15) is 4.79 Å². The van der Waals surface area contributed by atoms with Crippen LogP contribution in [0.15, 0.2) is 12.1 Å². The summed E-state index contributed by atoms with van der Waals surface area (Å²) in [4.78, 5) is 15.9. The van der Waals surface area contributed by atoms with Crippen molar-refractivity contribution in [3.8, 4) is 0 Å². The Morgan fingerprint density at radius 1 is 1.44 bits per heavy atom. The number of nitrogens with two attached hydrogens (primary N) is 1. The fourth-order valence-corrected chi connectivity index (χ4v) is 2.52. The molecule has 0 bridgehead atoms. The van der Waals surface area contributed by atoms with E-state index in [1.165, 1.54) is 0 Å². The molecule has 1 heterocycles. The van der Waals surface area contributed by atoms with E-state index in [4.69, 9.17) is 17.3 Å². The third kappa shape index (κ3) is 2.18. The number of nitrogens with zero attached hydrogens (tertiary/aromatic N) is 2. The summed E-state index contributed by atoms with van der Waals surface area (Å²) in [5.74, 6) is 0.112. The topological polar surface area (TPSA) is 49.6 Å². The van der Waals surface area contributed by atoms with Gasteiger partial charge in [-0.3, -0.25) is 4.79 Å². The van der Waals surface area contributed by atoms with Gasteiger partial charge in [-0.15, -0.1) is 0 Å². The number of fused-ring (bicyclic) bond motifs is 1. The summed E-state index contributed by atoms with van der Waals surface area (Å²) in [5.41, 5.74) is 8.52. The van der Waals surface area contributed by atoms with Crippen molar-refractivity contribution in [2.45, 2.75) is 13.3 Å². The number of anilines is 2. The van der Waals surface area contributed by atoms with Gasteiger partial charge >= 0.3 is 0 Å². The van der Waals surface area contributed by atoms with Gasteiger partial charge in [-0.2, -0.15) is 0 Å². The minimum absolute atomic E-state index is 0.112. The summed E-state index contributed by atoms with van der Waals surface area (Å²) < 4.78 is 0. The fraction of sp³-hybridized carbons (Fsp3) is 0.462. The summed E-state index contributed by atoms with van der Waals surface area (Å²) in [6.45, 7) is 3.96. The predicted molar refractivity (Wildman–Crippen MR) is 75.5 cm³/mol. The molecule has 1 aliphatic rings. The van der Waals surface area contributed by atoms with Crippen LogP contribution in [0.2, 0.25) is 5.02 Å². The number of amides is 1. The highest BCUT2D eigenvalue weighted by Crippen LogP contribution is 2.38. The molecule has 1 amide bonds. The van der Waals surface area contributed by atoms with E-state index in [0.717, 1.165) is 23.5 Å². The van der Waals surface area contributed by atoms with E-state index in [0.29, 0.717) is 24.5 Å². The highest BCUT2D eigenvalue weighted by molar-refractivity contribution is 6.32. The lowest BCUT2D eigenvalue weighted by atomic mass is 10.1. The smallest absolute Gasteiger partial charge is 0.228 e. The highest BCUT2D eigenvalue weighted by Gasteiger charge is 2.25. The Bertz CT molecular complexity index is 476. The maximum absolute atomic E-state index is 12.0. The Hall–Kier alpha value is -1.26. The molecule has 0 fully saturated rings. The van der Waals surface area contributed by atoms with Crippen molar-refractivity contribution in [3.05, 3.63) is 22.7 Å². The van der Waals surface area contributed by atoms with Crippen LogP contribution in [0.5, 0.6) is 0 Å². The Kier molecular flexibility index (Phi) is 3.78. The zero-order chi connectivity index (χ0) is 13.3. The molecule has 0 saturated carbocycles. The van der Waals surface area contributed by atoms with Crippen molar-refractivity contribution >= 4 is 28.9 Å². The number of halogens is 1. The molecule has 0 atom stereocenters. The number of benzene rings is 1. The van der Waals surface area contributed by atoms with Crippen molar-refractivity contribution in [2.24, 2.45) is 5.73 Å². The quantitative estimate of drug-likeness (QED) is 0.889. The maximum Gasteiger partial charge on any atom is 0.228 e. The maximum atomic E-state index is 12.0. The molecule has 2 rings (SSSR count). The second kappa shape index (κ2) is 5.16. The van der Waals surface area contributed by atoms with Crippen molar-refractivity contribution in [2.75, 3.05) is 36.5 Å². The molecule has 4 nitrogen and oxygen atoms in total. The molecule has 0 aliphatic carbocycles. The summed E-state index contributed by atoms with van der Waals surface area (Å²) in [7, 11) is 1.80. The molecule has 0 unspecified atom stereocenters. The van der Waals surface area contributed by atoms with Crippen molar-refractivity contribution in [1.82, 2.24) is 0 Å². The lowest BCUT2D eigenvalue weighted by Crippen LogP contribution is -2.30. The normalized spacial score (nSPS) is 15.7. The van der Waals surface area contributed by atoms with Gasteiger partial charge in [-0.25, -0.2) is 0 Å². The second-order valence-electron chi connectivity index (χ2n) is 4.52. The van der Waals surface area contributed by atoms with Gasteiger partial charge in [0.15, 0.2) is 0 Å². The van der Waals surface area contributed by atoms with Crippen LogP contribution in [0.1, 0.15) is 12.0 Å². The molecule has 1 aliphatic heterocycles. The van der Waals surface area contributed by atoms with Gasteiger partial charge in [0.2, 0.25) is 5.91 Å². The van der Waals surface area contributed by atoms with Gasteiger partial charge in [0, 0.05) is 38.1 Å². The van der Waals surface area contributed by atoms with Crippen LogP contribution in [0.4, 0.5) is 11.4 Å². The molecule has 18 heavy (non-hydrogen) atoms. The largest absolute Gasteiger partial charge is 0.368 e. The van der Waals surface area contributed by atoms with E-state index < -0.39 is 0 Å². The van der Waals surface area contributed by atoms with E-state index in [1.54, 1.807) is 11.9 Å². The van der Waals surface area contributed by atoms with Crippen LogP contribution in [0.3, 0.4) is 0 Å². The van der Waals surface area contributed by atoms with E-state index in [-0.39, 0.29) is 5.91 Å². The first-order valence-corrected chi connectivity index (χ1v) is 6.44. The lowest BCUT2D eigenvalue weighted by Gasteiger charge is -2.26.